The molecule has 4 heteroatoms. The van der Waals surface area contributed by atoms with Gasteiger partial charge < -0.3 is 4.42 Å². The van der Waals surface area contributed by atoms with E-state index in [4.69, 9.17) is 16.0 Å². The summed E-state index contributed by atoms with van der Waals surface area (Å²) in [7, 11) is 0. The van der Waals surface area contributed by atoms with Gasteiger partial charge in [-0.1, -0.05) is 24.3 Å². The number of aryl methyl sites for hydroxylation is 1. The van der Waals surface area contributed by atoms with Crippen molar-refractivity contribution in [3.63, 3.8) is 0 Å². The summed E-state index contributed by atoms with van der Waals surface area (Å²) >= 11 is 5.68. The van der Waals surface area contributed by atoms with Crippen LogP contribution in [0.2, 0.25) is 0 Å². The first kappa shape index (κ1) is 10.8. The monoisotopic (exact) mass is 248 g/mol. The van der Waals surface area contributed by atoms with Gasteiger partial charge in [-0.05, 0) is 30.4 Å². The van der Waals surface area contributed by atoms with E-state index < -0.39 is 0 Å². The Morgan fingerprint density at radius 3 is 3.00 bits per heavy atom. The molecule has 1 heterocycles. The van der Waals surface area contributed by atoms with Crippen molar-refractivity contribution in [3.8, 4) is 0 Å². The van der Waals surface area contributed by atoms with Crippen LogP contribution in [0.3, 0.4) is 0 Å². The second-order valence-corrected chi connectivity index (χ2v) is 4.58. The molecule has 0 saturated heterocycles. The summed E-state index contributed by atoms with van der Waals surface area (Å²) < 4.78 is 5.57. The number of benzene rings is 1. The number of alkyl halides is 1. The van der Waals surface area contributed by atoms with E-state index in [0.29, 0.717) is 11.8 Å². The molecule has 1 aliphatic rings. The minimum atomic E-state index is 0.240. The fourth-order valence-electron chi connectivity index (χ4n) is 2.47. The summed E-state index contributed by atoms with van der Waals surface area (Å²) in [6.07, 6.45) is 3.38. The predicted molar refractivity (Wildman–Crippen MR) is 65.1 cm³/mol. The highest BCUT2D eigenvalue weighted by Gasteiger charge is 2.25. The number of fused-ring (bicyclic) bond motifs is 1. The Kier molecular flexibility index (Phi) is 2.85. The third kappa shape index (κ3) is 1.95. The lowest BCUT2D eigenvalue weighted by atomic mass is 9.83. The van der Waals surface area contributed by atoms with Crippen LogP contribution in [0.1, 0.15) is 41.7 Å². The molecule has 0 N–H and O–H groups in total. The first-order chi connectivity index (χ1) is 8.38. The van der Waals surface area contributed by atoms with E-state index in [1.165, 1.54) is 17.5 Å². The van der Waals surface area contributed by atoms with Crippen LogP contribution in [0, 0.1) is 0 Å². The van der Waals surface area contributed by atoms with E-state index in [1.54, 1.807) is 0 Å². The smallest absolute Gasteiger partial charge is 0.231 e. The van der Waals surface area contributed by atoms with Crippen molar-refractivity contribution in [2.24, 2.45) is 0 Å². The molecule has 0 amide bonds. The van der Waals surface area contributed by atoms with Gasteiger partial charge in [-0.2, -0.15) is 0 Å². The minimum Gasteiger partial charge on any atom is -0.423 e. The summed E-state index contributed by atoms with van der Waals surface area (Å²) in [5, 5.41) is 8.04. The zero-order valence-electron chi connectivity index (χ0n) is 9.40. The van der Waals surface area contributed by atoms with Crippen molar-refractivity contribution in [3.05, 3.63) is 47.2 Å². The van der Waals surface area contributed by atoms with Gasteiger partial charge in [-0.15, -0.1) is 21.8 Å². The van der Waals surface area contributed by atoms with Crippen molar-refractivity contribution in [1.82, 2.24) is 10.2 Å². The molecule has 3 rings (SSSR count). The molecule has 17 heavy (non-hydrogen) atoms. The fraction of sp³-hybridized carbons (Fsp3) is 0.385. The van der Waals surface area contributed by atoms with Gasteiger partial charge >= 0.3 is 0 Å². The predicted octanol–water partition coefficient (Wildman–Crippen LogP) is 3.28. The number of nitrogens with zero attached hydrogens (tertiary/aromatic N) is 2. The molecule has 0 fully saturated rings. The number of rotatable bonds is 2. The molecule has 88 valence electrons. The maximum absolute atomic E-state index is 5.68. The van der Waals surface area contributed by atoms with Gasteiger partial charge in [-0.3, -0.25) is 0 Å². The average molecular weight is 249 g/mol. The molecule has 2 aromatic rings. The van der Waals surface area contributed by atoms with Gasteiger partial charge in [0.1, 0.15) is 5.88 Å². The van der Waals surface area contributed by atoms with E-state index in [-0.39, 0.29) is 11.8 Å². The van der Waals surface area contributed by atoms with Crippen molar-refractivity contribution < 1.29 is 4.42 Å². The van der Waals surface area contributed by atoms with E-state index in [9.17, 15) is 0 Å². The van der Waals surface area contributed by atoms with E-state index in [1.807, 2.05) is 0 Å². The van der Waals surface area contributed by atoms with Crippen LogP contribution in [-0.4, -0.2) is 10.2 Å². The summed E-state index contributed by atoms with van der Waals surface area (Å²) in [6.45, 7) is 0. The average Bonchev–Trinajstić information content (AvgIpc) is 2.87. The van der Waals surface area contributed by atoms with Crippen molar-refractivity contribution >= 4 is 11.6 Å². The summed E-state index contributed by atoms with van der Waals surface area (Å²) in [5.41, 5.74) is 2.72. The van der Waals surface area contributed by atoms with E-state index in [2.05, 4.69) is 34.5 Å². The number of hydrogen-bond donors (Lipinski definition) is 0. The molecule has 0 radical (unpaired) electrons. The highest BCUT2D eigenvalue weighted by Crippen LogP contribution is 2.35. The van der Waals surface area contributed by atoms with Gasteiger partial charge in [0, 0.05) is 0 Å². The quantitative estimate of drug-likeness (QED) is 0.766. The Labute approximate surface area is 105 Å². The van der Waals surface area contributed by atoms with E-state index in [0.717, 1.165) is 12.8 Å². The molecular formula is C13H13ClN2O. The molecule has 0 spiro atoms. The molecule has 0 saturated carbocycles. The van der Waals surface area contributed by atoms with Crippen molar-refractivity contribution in [2.45, 2.75) is 31.1 Å². The minimum absolute atomic E-state index is 0.240. The zero-order valence-corrected chi connectivity index (χ0v) is 10.2. The zero-order chi connectivity index (χ0) is 11.7. The summed E-state index contributed by atoms with van der Waals surface area (Å²) in [5.74, 6) is 1.73. The van der Waals surface area contributed by atoms with Gasteiger partial charge in [0.05, 0.1) is 5.92 Å². The van der Waals surface area contributed by atoms with Crippen LogP contribution >= 0.6 is 11.6 Å². The Morgan fingerprint density at radius 2 is 2.18 bits per heavy atom. The molecule has 1 aromatic carbocycles. The van der Waals surface area contributed by atoms with Crippen LogP contribution in [0.4, 0.5) is 0 Å². The third-order valence-electron chi connectivity index (χ3n) is 3.26. The Bertz CT molecular complexity index is 524. The highest BCUT2D eigenvalue weighted by atomic mass is 35.5. The van der Waals surface area contributed by atoms with Gasteiger partial charge in [-0.25, -0.2) is 0 Å². The van der Waals surface area contributed by atoms with Crippen LogP contribution < -0.4 is 0 Å². The topological polar surface area (TPSA) is 38.9 Å². The molecule has 0 bridgehead atoms. The first-order valence-electron chi connectivity index (χ1n) is 5.84. The standard InChI is InChI=1S/C13H13ClN2O/c14-8-12-15-16-13(17-12)11-7-3-5-9-4-1-2-6-10(9)11/h1-2,4,6,11H,3,5,7-8H2. The Morgan fingerprint density at radius 1 is 1.29 bits per heavy atom. The van der Waals surface area contributed by atoms with Gasteiger partial charge in [0.25, 0.3) is 0 Å². The second-order valence-electron chi connectivity index (χ2n) is 4.31. The fourth-order valence-corrected chi connectivity index (χ4v) is 2.58. The summed E-state index contributed by atoms with van der Waals surface area (Å²) in [6, 6.07) is 8.49. The largest absolute Gasteiger partial charge is 0.423 e. The molecule has 1 aromatic heterocycles. The Balaban J connectivity index is 1.99. The number of hydrogen-bond acceptors (Lipinski definition) is 3. The summed E-state index contributed by atoms with van der Waals surface area (Å²) in [4.78, 5) is 0. The molecule has 3 nitrogen and oxygen atoms in total. The van der Waals surface area contributed by atoms with Crippen LogP contribution in [0.25, 0.3) is 0 Å². The number of halogens is 1. The molecule has 1 aliphatic carbocycles. The highest BCUT2D eigenvalue weighted by molar-refractivity contribution is 6.16. The second kappa shape index (κ2) is 4.49. The molecule has 1 atom stereocenters. The van der Waals surface area contributed by atoms with Crippen LogP contribution in [0.15, 0.2) is 28.7 Å². The molecular weight excluding hydrogens is 236 g/mol. The first-order valence-corrected chi connectivity index (χ1v) is 6.38. The lowest BCUT2D eigenvalue weighted by molar-refractivity contribution is 0.423. The van der Waals surface area contributed by atoms with Crippen molar-refractivity contribution in [2.75, 3.05) is 0 Å². The van der Waals surface area contributed by atoms with Gasteiger partial charge in [0.2, 0.25) is 11.8 Å². The van der Waals surface area contributed by atoms with Gasteiger partial charge in [0.15, 0.2) is 0 Å². The molecule has 1 unspecified atom stereocenters. The maximum atomic E-state index is 5.68. The van der Waals surface area contributed by atoms with Crippen LogP contribution in [-0.2, 0) is 12.3 Å². The lowest BCUT2D eigenvalue weighted by Crippen LogP contribution is -2.11. The molecule has 0 aliphatic heterocycles. The van der Waals surface area contributed by atoms with Crippen LogP contribution in [0.5, 0.6) is 0 Å². The van der Waals surface area contributed by atoms with E-state index >= 15 is 0 Å². The third-order valence-corrected chi connectivity index (χ3v) is 3.49. The van der Waals surface area contributed by atoms with Crippen molar-refractivity contribution in [1.29, 1.82) is 0 Å². The number of aromatic nitrogens is 2. The SMILES string of the molecule is ClCc1nnc(C2CCCc3ccccc32)o1. The normalized spacial score (nSPS) is 19.0. The Hall–Kier alpha value is -1.35. The maximum Gasteiger partial charge on any atom is 0.231 e. The lowest BCUT2D eigenvalue weighted by Gasteiger charge is -2.22.